The number of anilines is 1. The Kier molecular flexibility index (Phi) is 3.65. The molecule has 5 nitrogen and oxygen atoms in total. The summed E-state index contributed by atoms with van der Waals surface area (Å²) in [5, 5.41) is 3.78. The molecule has 1 amide bonds. The molecule has 6 heteroatoms. The van der Waals surface area contributed by atoms with Gasteiger partial charge in [0.15, 0.2) is 0 Å². The van der Waals surface area contributed by atoms with E-state index in [0.717, 1.165) is 0 Å². The minimum absolute atomic E-state index is 0.0444. The standard InChI is InChI=1S/C16H12ClN3O2/c1-20-14-10(5-4-8-18-14)9-11(16(20)22)15(21)19-13-7-3-2-6-12(13)17/h2-9H,1H3,(H,19,21). The Labute approximate surface area is 131 Å². The number of benzene rings is 1. The van der Waals surface area contributed by atoms with E-state index >= 15 is 0 Å². The zero-order valence-electron chi connectivity index (χ0n) is 11.7. The zero-order chi connectivity index (χ0) is 15.7. The second-order valence-electron chi connectivity index (χ2n) is 4.77. The van der Waals surface area contributed by atoms with E-state index in [9.17, 15) is 9.59 Å². The van der Waals surface area contributed by atoms with Gasteiger partial charge in [0.25, 0.3) is 11.5 Å². The normalized spacial score (nSPS) is 10.6. The Hall–Kier alpha value is -2.66. The minimum Gasteiger partial charge on any atom is -0.320 e. The van der Waals surface area contributed by atoms with Crippen molar-refractivity contribution in [1.29, 1.82) is 0 Å². The third-order valence-corrected chi connectivity index (χ3v) is 3.67. The van der Waals surface area contributed by atoms with Crippen LogP contribution in [-0.4, -0.2) is 15.5 Å². The minimum atomic E-state index is -0.501. The summed E-state index contributed by atoms with van der Waals surface area (Å²) < 4.78 is 1.36. The van der Waals surface area contributed by atoms with Gasteiger partial charge >= 0.3 is 0 Å². The molecule has 0 saturated heterocycles. The quantitative estimate of drug-likeness (QED) is 0.791. The lowest BCUT2D eigenvalue weighted by Gasteiger charge is -2.09. The van der Waals surface area contributed by atoms with Gasteiger partial charge in [-0.05, 0) is 30.3 Å². The van der Waals surface area contributed by atoms with E-state index in [-0.39, 0.29) is 5.56 Å². The fourth-order valence-electron chi connectivity index (χ4n) is 2.21. The van der Waals surface area contributed by atoms with E-state index in [1.54, 1.807) is 49.6 Å². The number of rotatable bonds is 2. The SMILES string of the molecule is Cn1c(=O)c(C(=O)Nc2ccccc2Cl)cc2cccnc21. The molecule has 110 valence electrons. The number of carbonyl (C=O) groups is 1. The maximum Gasteiger partial charge on any atom is 0.264 e. The van der Waals surface area contributed by atoms with Crippen molar-refractivity contribution in [3.8, 4) is 0 Å². The van der Waals surface area contributed by atoms with E-state index in [2.05, 4.69) is 10.3 Å². The van der Waals surface area contributed by atoms with Crippen LogP contribution in [-0.2, 0) is 7.05 Å². The van der Waals surface area contributed by atoms with Crippen molar-refractivity contribution >= 4 is 34.2 Å². The highest BCUT2D eigenvalue weighted by Crippen LogP contribution is 2.21. The number of nitrogens with one attached hydrogen (secondary N) is 1. The van der Waals surface area contributed by atoms with Crippen molar-refractivity contribution in [2.24, 2.45) is 7.05 Å². The molecule has 0 aliphatic carbocycles. The first-order chi connectivity index (χ1) is 10.6. The molecule has 3 rings (SSSR count). The fraction of sp³-hybridized carbons (Fsp3) is 0.0625. The topological polar surface area (TPSA) is 64.0 Å². The molecule has 0 saturated carbocycles. The van der Waals surface area contributed by atoms with E-state index in [4.69, 9.17) is 11.6 Å². The van der Waals surface area contributed by atoms with Crippen LogP contribution < -0.4 is 10.9 Å². The Morgan fingerprint density at radius 3 is 2.77 bits per heavy atom. The third kappa shape index (κ3) is 2.46. The second-order valence-corrected chi connectivity index (χ2v) is 5.18. The molecule has 22 heavy (non-hydrogen) atoms. The predicted molar refractivity (Wildman–Crippen MR) is 86.4 cm³/mol. The number of carbonyl (C=O) groups excluding carboxylic acids is 1. The number of amides is 1. The van der Waals surface area contributed by atoms with Gasteiger partial charge in [0, 0.05) is 18.6 Å². The summed E-state index contributed by atoms with van der Waals surface area (Å²) in [6.45, 7) is 0. The molecule has 2 heterocycles. The van der Waals surface area contributed by atoms with Gasteiger partial charge in [-0.2, -0.15) is 0 Å². The van der Waals surface area contributed by atoms with Crippen LogP contribution >= 0.6 is 11.6 Å². The molecule has 1 N–H and O–H groups in total. The number of aryl methyl sites for hydroxylation is 1. The summed E-state index contributed by atoms with van der Waals surface area (Å²) >= 11 is 6.01. The number of aromatic nitrogens is 2. The molecule has 0 unspecified atom stereocenters. The highest BCUT2D eigenvalue weighted by molar-refractivity contribution is 6.33. The number of hydrogen-bond donors (Lipinski definition) is 1. The number of pyridine rings is 2. The van der Waals surface area contributed by atoms with E-state index in [0.29, 0.717) is 21.7 Å². The molecular weight excluding hydrogens is 302 g/mol. The number of fused-ring (bicyclic) bond motifs is 1. The summed E-state index contributed by atoms with van der Waals surface area (Å²) in [4.78, 5) is 28.9. The van der Waals surface area contributed by atoms with E-state index in [1.165, 1.54) is 10.6 Å². The van der Waals surface area contributed by atoms with Gasteiger partial charge in [0.1, 0.15) is 11.2 Å². The van der Waals surface area contributed by atoms with E-state index < -0.39 is 11.5 Å². The van der Waals surface area contributed by atoms with Crippen molar-refractivity contribution in [1.82, 2.24) is 9.55 Å². The first-order valence-electron chi connectivity index (χ1n) is 6.58. The molecule has 1 aromatic carbocycles. The zero-order valence-corrected chi connectivity index (χ0v) is 12.5. The van der Waals surface area contributed by atoms with Gasteiger partial charge in [-0.15, -0.1) is 0 Å². The maximum absolute atomic E-state index is 12.4. The lowest BCUT2D eigenvalue weighted by molar-refractivity contribution is 0.102. The van der Waals surface area contributed by atoms with Gasteiger partial charge in [-0.3, -0.25) is 14.2 Å². The van der Waals surface area contributed by atoms with Crippen LogP contribution in [0.15, 0.2) is 53.5 Å². The van der Waals surface area contributed by atoms with Gasteiger partial charge in [-0.1, -0.05) is 23.7 Å². The van der Waals surface area contributed by atoms with E-state index in [1.807, 2.05) is 0 Å². The highest BCUT2D eigenvalue weighted by Gasteiger charge is 2.15. The van der Waals surface area contributed by atoms with Crippen LogP contribution in [0.4, 0.5) is 5.69 Å². The van der Waals surface area contributed by atoms with Gasteiger partial charge < -0.3 is 5.32 Å². The monoisotopic (exact) mass is 313 g/mol. The van der Waals surface area contributed by atoms with Gasteiger partial charge in [-0.25, -0.2) is 4.98 Å². The molecular formula is C16H12ClN3O2. The Balaban J connectivity index is 2.07. The number of hydrogen-bond acceptors (Lipinski definition) is 3. The number of halogens is 1. The average molecular weight is 314 g/mol. The van der Waals surface area contributed by atoms with Crippen LogP contribution in [0.5, 0.6) is 0 Å². The van der Waals surface area contributed by atoms with Crippen LogP contribution in [0.25, 0.3) is 11.0 Å². The lowest BCUT2D eigenvalue weighted by Crippen LogP contribution is -2.28. The van der Waals surface area contributed by atoms with Crippen molar-refractivity contribution < 1.29 is 4.79 Å². The summed E-state index contributed by atoms with van der Waals surface area (Å²) in [7, 11) is 1.59. The van der Waals surface area contributed by atoms with Crippen LogP contribution in [0.2, 0.25) is 5.02 Å². The predicted octanol–water partition coefficient (Wildman–Crippen LogP) is 2.84. The summed E-state index contributed by atoms with van der Waals surface area (Å²) in [5.74, 6) is -0.501. The second kappa shape index (κ2) is 5.61. The number of nitrogens with zero attached hydrogens (tertiary/aromatic N) is 2. The third-order valence-electron chi connectivity index (χ3n) is 3.34. The van der Waals surface area contributed by atoms with Crippen LogP contribution in [0.3, 0.4) is 0 Å². The molecule has 0 aliphatic rings. The van der Waals surface area contributed by atoms with Crippen LogP contribution in [0, 0.1) is 0 Å². The number of para-hydroxylation sites is 1. The van der Waals surface area contributed by atoms with Gasteiger partial charge in [0.2, 0.25) is 0 Å². The van der Waals surface area contributed by atoms with Crippen molar-refractivity contribution in [3.63, 3.8) is 0 Å². The van der Waals surface area contributed by atoms with Crippen molar-refractivity contribution in [2.75, 3.05) is 5.32 Å². The van der Waals surface area contributed by atoms with Crippen LogP contribution in [0.1, 0.15) is 10.4 Å². The van der Waals surface area contributed by atoms with Crippen molar-refractivity contribution in [3.05, 3.63) is 69.6 Å². The Morgan fingerprint density at radius 1 is 1.23 bits per heavy atom. The molecule has 0 bridgehead atoms. The molecule has 2 aromatic heterocycles. The largest absolute Gasteiger partial charge is 0.320 e. The maximum atomic E-state index is 12.4. The molecule has 3 aromatic rings. The molecule has 0 radical (unpaired) electrons. The fourth-order valence-corrected chi connectivity index (χ4v) is 2.39. The molecule has 0 spiro atoms. The molecule has 0 aliphatic heterocycles. The van der Waals surface area contributed by atoms with Gasteiger partial charge in [0.05, 0.1) is 10.7 Å². The van der Waals surface area contributed by atoms with Crippen molar-refractivity contribution in [2.45, 2.75) is 0 Å². The molecule has 0 atom stereocenters. The Morgan fingerprint density at radius 2 is 2.00 bits per heavy atom. The Bertz CT molecular complexity index is 934. The average Bonchev–Trinajstić information content (AvgIpc) is 2.53. The summed E-state index contributed by atoms with van der Waals surface area (Å²) in [5.41, 5.74) is 0.628. The first-order valence-corrected chi connectivity index (χ1v) is 6.96. The molecule has 0 fully saturated rings. The summed E-state index contributed by atoms with van der Waals surface area (Å²) in [6.07, 6.45) is 1.60. The highest BCUT2D eigenvalue weighted by atomic mass is 35.5. The lowest BCUT2D eigenvalue weighted by atomic mass is 10.2. The first kappa shape index (κ1) is 14.3. The summed E-state index contributed by atoms with van der Waals surface area (Å²) in [6, 6.07) is 11.9. The smallest absolute Gasteiger partial charge is 0.264 e.